The van der Waals surface area contributed by atoms with Crippen LogP contribution in [0, 0.1) is 10.1 Å². The molecule has 0 aliphatic carbocycles. The highest BCUT2D eigenvalue weighted by atomic mass is 35.5. The highest BCUT2D eigenvalue weighted by Gasteiger charge is 2.21. The molecule has 0 fully saturated rings. The van der Waals surface area contributed by atoms with Gasteiger partial charge in [0, 0.05) is 16.8 Å². The van der Waals surface area contributed by atoms with E-state index in [1.165, 1.54) is 18.2 Å². The summed E-state index contributed by atoms with van der Waals surface area (Å²) in [6, 6.07) is 9.84. The topological polar surface area (TPSA) is 72.2 Å². The molecule has 6 heteroatoms. The number of nitrogens with zero attached hydrogens (tertiary/aromatic N) is 1. The Morgan fingerprint density at radius 1 is 1.17 bits per heavy atom. The van der Waals surface area contributed by atoms with Crippen LogP contribution in [0.2, 0.25) is 5.02 Å². The number of nitro groups is 1. The van der Waals surface area contributed by atoms with Crippen LogP contribution in [0.15, 0.2) is 36.4 Å². The molecule has 5 nitrogen and oxygen atoms in total. The number of nitrogens with one attached hydrogen (secondary N) is 1. The summed E-state index contributed by atoms with van der Waals surface area (Å²) in [6.45, 7) is 3.99. The molecule has 0 aromatic heterocycles. The summed E-state index contributed by atoms with van der Waals surface area (Å²) in [7, 11) is 0. The zero-order valence-corrected chi connectivity index (χ0v) is 13.7. The van der Waals surface area contributed by atoms with Gasteiger partial charge in [0.15, 0.2) is 0 Å². The average Bonchev–Trinajstić information content (AvgIpc) is 2.54. The normalized spacial score (nSPS) is 10.4. The van der Waals surface area contributed by atoms with E-state index in [-0.39, 0.29) is 16.3 Å². The molecule has 1 amide bonds. The Bertz CT molecular complexity index is 737. The van der Waals surface area contributed by atoms with Crippen LogP contribution >= 0.6 is 11.6 Å². The Kier molecular flexibility index (Phi) is 5.34. The molecule has 0 spiro atoms. The van der Waals surface area contributed by atoms with Crippen LogP contribution in [0.25, 0.3) is 0 Å². The number of amides is 1. The molecular formula is C17H17ClN2O3. The van der Waals surface area contributed by atoms with E-state index in [1.807, 2.05) is 32.0 Å². The number of carbonyl (C=O) groups excluding carboxylic acids is 1. The van der Waals surface area contributed by atoms with Crippen LogP contribution in [0.4, 0.5) is 11.4 Å². The molecule has 0 aliphatic heterocycles. The fraction of sp³-hybridized carbons (Fsp3) is 0.235. The molecule has 0 radical (unpaired) electrons. The molecule has 0 atom stereocenters. The Morgan fingerprint density at radius 3 is 2.30 bits per heavy atom. The molecule has 0 bridgehead atoms. The van der Waals surface area contributed by atoms with E-state index in [4.69, 9.17) is 11.6 Å². The molecule has 0 heterocycles. The van der Waals surface area contributed by atoms with E-state index in [2.05, 4.69) is 5.32 Å². The molecule has 0 saturated heterocycles. The average molecular weight is 333 g/mol. The third-order valence-corrected chi connectivity index (χ3v) is 3.87. The van der Waals surface area contributed by atoms with Crippen molar-refractivity contribution in [2.45, 2.75) is 26.7 Å². The fourth-order valence-corrected chi connectivity index (χ4v) is 2.60. The van der Waals surface area contributed by atoms with Gasteiger partial charge in [0.05, 0.1) is 4.92 Å². The number of hydrogen-bond donors (Lipinski definition) is 1. The number of aryl methyl sites for hydroxylation is 2. The van der Waals surface area contributed by atoms with Gasteiger partial charge in [-0.15, -0.1) is 0 Å². The second-order valence-electron chi connectivity index (χ2n) is 5.03. The number of nitro benzene ring substituents is 1. The van der Waals surface area contributed by atoms with Crippen molar-refractivity contribution < 1.29 is 9.72 Å². The van der Waals surface area contributed by atoms with Crippen molar-refractivity contribution in [3.63, 3.8) is 0 Å². The van der Waals surface area contributed by atoms with Gasteiger partial charge in [0.2, 0.25) is 0 Å². The minimum Gasteiger partial charge on any atom is -0.321 e. The first kappa shape index (κ1) is 17.0. The highest BCUT2D eigenvalue weighted by Crippen LogP contribution is 2.27. The van der Waals surface area contributed by atoms with E-state index in [0.29, 0.717) is 0 Å². The van der Waals surface area contributed by atoms with Crippen molar-refractivity contribution in [3.8, 4) is 0 Å². The van der Waals surface area contributed by atoms with E-state index >= 15 is 0 Å². The number of rotatable bonds is 5. The predicted octanol–water partition coefficient (Wildman–Crippen LogP) is 4.63. The minimum absolute atomic E-state index is 0.00707. The standard InChI is InChI=1S/C17H17ClN2O3/c1-3-11-6-5-7-12(4-2)16(11)19-17(21)14-9-8-13(18)10-15(14)20(22)23/h5-10H,3-4H2,1-2H3,(H,19,21). The first-order chi connectivity index (χ1) is 11.0. The van der Waals surface area contributed by atoms with E-state index in [9.17, 15) is 14.9 Å². The molecule has 120 valence electrons. The molecule has 0 saturated carbocycles. The number of carbonyl (C=O) groups is 1. The van der Waals surface area contributed by atoms with Crippen LogP contribution < -0.4 is 5.32 Å². The van der Waals surface area contributed by atoms with Crippen molar-refractivity contribution in [1.82, 2.24) is 0 Å². The SMILES string of the molecule is CCc1cccc(CC)c1NC(=O)c1ccc(Cl)cc1[N+](=O)[O-]. The summed E-state index contributed by atoms with van der Waals surface area (Å²) in [6.07, 6.45) is 1.51. The second kappa shape index (κ2) is 7.24. The lowest BCUT2D eigenvalue weighted by Crippen LogP contribution is -2.16. The summed E-state index contributed by atoms with van der Waals surface area (Å²) in [5, 5.41) is 14.2. The van der Waals surface area contributed by atoms with Crippen LogP contribution in [0.3, 0.4) is 0 Å². The number of para-hydroxylation sites is 1. The van der Waals surface area contributed by atoms with Crippen molar-refractivity contribution >= 4 is 28.9 Å². The van der Waals surface area contributed by atoms with Crippen LogP contribution in [0.5, 0.6) is 0 Å². The Morgan fingerprint density at radius 2 is 1.78 bits per heavy atom. The monoisotopic (exact) mass is 332 g/mol. The molecule has 2 rings (SSSR count). The lowest BCUT2D eigenvalue weighted by atomic mass is 10.0. The zero-order chi connectivity index (χ0) is 17.0. The zero-order valence-electron chi connectivity index (χ0n) is 12.9. The fourth-order valence-electron chi connectivity index (χ4n) is 2.43. The number of halogens is 1. The smallest absolute Gasteiger partial charge is 0.283 e. The number of anilines is 1. The summed E-state index contributed by atoms with van der Waals surface area (Å²) in [5.41, 5.74) is 2.41. The molecule has 2 aromatic carbocycles. The summed E-state index contributed by atoms with van der Waals surface area (Å²) < 4.78 is 0. The van der Waals surface area contributed by atoms with Gasteiger partial charge in [-0.05, 0) is 36.1 Å². The molecule has 1 N–H and O–H groups in total. The lowest BCUT2D eigenvalue weighted by Gasteiger charge is -2.14. The van der Waals surface area contributed by atoms with Crippen molar-refractivity contribution in [2.75, 3.05) is 5.32 Å². The molecule has 23 heavy (non-hydrogen) atoms. The molecule has 2 aromatic rings. The van der Waals surface area contributed by atoms with Crippen LogP contribution in [-0.2, 0) is 12.8 Å². The quantitative estimate of drug-likeness (QED) is 0.641. The highest BCUT2D eigenvalue weighted by molar-refractivity contribution is 6.31. The lowest BCUT2D eigenvalue weighted by molar-refractivity contribution is -0.385. The first-order valence-corrected chi connectivity index (χ1v) is 7.71. The number of benzene rings is 2. The molecular weight excluding hydrogens is 316 g/mol. The van der Waals surface area contributed by atoms with Gasteiger partial charge in [0.1, 0.15) is 5.56 Å². The van der Waals surface area contributed by atoms with Crippen LogP contribution in [-0.4, -0.2) is 10.8 Å². The third-order valence-electron chi connectivity index (χ3n) is 3.64. The van der Waals surface area contributed by atoms with Gasteiger partial charge >= 0.3 is 0 Å². The molecule has 0 unspecified atom stereocenters. The largest absolute Gasteiger partial charge is 0.321 e. The van der Waals surface area contributed by atoms with Gasteiger partial charge in [0.25, 0.3) is 11.6 Å². The Hall–Kier alpha value is -2.40. The van der Waals surface area contributed by atoms with Gasteiger partial charge in [-0.1, -0.05) is 43.6 Å². The van der Waals surface area contributed by atoms with Gasteiger partial charge < -0.3 is 5.32 Å². The Balaban J connectivity index is 2.43. The Labute approximate surface area is 139 Å². The molecule has 0 aliphatic rings. The summed E-state index contributed by atoms with van der Waals surface area (Å²) >= 11 is 5.78. The first-order valence-electron chi connectivity index (χ1n) is 7.34. The van der Waals surface area contributed by atoms with Crippen molar-refractivity contribution in [3.05, 3.63) is 68.2 Å². The predicted molar refractivity (Wildman–Crippen MR) is 91.3 cm³/mol. The van der Waals surface area contributed by atoms with Gasteiger partial charge in [-0.3, -0.25) is 14.9 Å². The minimum atomic E-state index is -0.604. The maximum absolute atomic E-state index is 12.5. The van der Waals surface area contributed by atoms with E-state index in [1.54, 1.807) is 0 Å². The summed E-state index contributed by atoms with van der Waals surface area (Å²) in [5.74, 6) is -0.510. The maximum atomic E-state index is 12.5. The second-order valence-corrected chi connectivity index (χ2v) is 5.47. The van der Waals surface area contributed by atoms with E-state index in [0.717, 1.165) is 29.7 Å². The van der Waals surface area contributed by atoms with Gasteiger partial charge in [-0.2, -0.15) is 0 Å². The van der Waals surface area contributed by atoms with Crippen molar-refractivity contribution in [2.24, 2.45) is 0 Å². The summed E-state index contributed by atoms with van der Waals surface area (Å²) in [4.78, 5) is 23.1. The van der Waals surface area contributed by atoms with E-state index < -0.39 is 10.8 Å². The maximum Gasteiger partial charge on any atom is 0.283 e. The van der Waals surface area contributed by atoms with Crippen LogP contribution in [0.1, 0.15) is 35.3 Å². The number of hydrogen-bond acceptors (Lipinski definition) is 3. The third kappa shape index (κ3) is 3.68. The van der Waals surface area contributed by atoms with Gasteiger partial charge in [-0.25, -0.2) is 0 Å². The van der Waals surface area contributed by atoms with Crippen molar-refractivity contribution in [1.29, 1.82) is 0 Å².